The van der Waals surface area contributed by atoms with Gasteiger partial charge >= 0.3 is 0 Å². The lowest BCUT2D eigenvalue weighted by atomic mass is 10.2. The molecule has 0 fully saturated rings. The molecule has 2 rings (SSSR count). The van der Waals surface area contributed by atoms with Gasteiger partial charge in [-0.25, -0.2) is 9.97 Å². The van der Waals surface area contributed by atoms with Gasteiger partial charge < -0.3 is 15.8 Å². The summed E-state index contributed by atoms with van der Waals surface area (Å²) in [7, 11) is 1.65. The highest BCUT2D eigenvalue weighted by molar-refractivity contribution is 5.60. The zero-order valence-corrected chi connectivity index (χ0v) is 12.6. The maximum Gasteiger partial charge on any atom is 0.159 e. The van der Waals surface area contributed by atoms with Crippen molar-refractivity contribution in [2.24, 2.45) is 5.73 Å². The minimum Gasteiger partial charge on any atom is -0.497 e. The molecule has 0 unspecified atom stereocenters. The first kappa shape index (κ1) is 15.3. The first-order valence-corrected chi connectivity index (χ1v) is 7.22. The number of hydrogen-bond acceptors (Lipinski definition) is 5. The van der Waals surface area contributed by atoms with Crippen molar-refractivity contribution in [3.8, 4) is 17.1 Å². The molecule has 21 heavy (non-hydrogen) atoms. The second kappa shape index (κ2) is 7.59. The van der Waals surface area contributed by atoms with Crippen molar-refractivity contribution >= 4 is 5.69 Å². The lowest BCUT2D eigenvalue weighted by Crippen LogP contribution is -2.11. The Balaban J connectivity index is 2.25. The summed E-state index contributed by atoms with van der Waals surface area (Å²) in [4.78, 5) is 9.11. The van der Waals surface area contributed by atoms with Crippen molar-refractivity contribution in [2.75, 3.05) is 25.5 Å². The predicted octanol–water partition coefficient (Wildman–Crippen LogP) is 2.48. The molecule has 0 radical (unpaired) electrons. The summed E-state index contributed by atoms with van der Waals surface area (Å²) in [6.07, 6.45) is 3.63. The maximum atomic E-state index is 5.51. The number of nitrogens with one attached hydrogen (secondary N) is 1. The van der Waals surface area contributed by atoms with Gasteiger partial charge in [0.05, 0.1) is 24.7 Å². The van der Waals surface area contributed by atoms with E-state index in [1.54, 1.807) is 7.11 Å². The highest BCUT2D eigenvalue weighted by atomic mass is 16.5. The fourth-order valence-electron chi connectivity index (χ4n) is 2.06. The van der Waals surface area contributed by atoms with Gasteiger partial charge in [-0.15, -0.1) is 0 Å². The summed E-state index contributed by atoms with van der Waals surface area (Å²) in [6, 6.07) is 7.78. The van der Waals surface area contributed by atoms with Gasteiger partial charge in [0.15, 0.2) is 5.82 Å². The van der Waals surface area contributed by atoms with Gasteiger partial charge in [0, 0.05) is 12.1 Å². The highest BCUT2D eigenvalue weighted by Crippen LogP contribution is 2.23. The fraction of sp³-hybridized carbons (Fsp3) is 0.375. The molecular weight excluding hydrogens is 264 g/mol. The lowest BCUT2D eigenvalue weighted by Gasteiger charge is -2.11. The molecule has 5 nitrogen and oxygen atoms in total. The molecule has 0 aliphatic carbocycles. The molecule has 2 aromatic rings. The third-order valence-corrected chi connectivity index (χ3v) is 3.23. The quantitative estimate of drug-likeness (QED) is 0.765. The fourth-order valence-corrected chi connectivity index (χ4v) is 2.06. The first-order chi connectivity index (χ1) is 10.3. The summed E-state index contributed by atoms with van der Waals surface area (Å²) in [5.41, 5.74) is 8.46. The highest BCUT2D eigenvalue weighted by Gasteiger charge is 2.08. The minimum atomic E-state index is 0.678. The maximum absolute atomic E-state index is 5.51. The molecule has 0 aliphatic heterocycles. The molecular formula is C16H22N4O. The monoisotopic (exact) mass is 286 g/mol. The van der Waals surface area contributed by atoms with Gasteiger partial charge in [-0.1, -0.05) is 19.1 Å². The van der Waals surface area contributed by atoms with E-state index in [2.05, 4.69) is 22.2 Å². The standard InChI is InChI=1S/C16H22N4O/c1-3-14-15(18-9-5-8-17)11-19-16(20-14)12-6-4-7-13(10-12)21-2/h4,6-7,10-11,18H,3,5,8-9,17H2,1-2H3. The largest absolute Gasteiger partial charge is 0.497 e. The van der Waals surface area contributed by atoms with Crippen LogP contribution in [0.3, 0.4) is 0 Å². The summed E-state index contributed by atoms with van der Waals surface area (Å²) < 4.78 is 5.24. The van der Waals surface area contributed by atoms with E-state index >= 15 is 0 Å². The Labute approximate surface area is 125 Å². The van der Waals surface area contributed by atoms with E-state index in [1.807, 2.05) is 30.5 Å². The number of hydrogen-bond donors (Lipinski definition) is 2. The summed E-state index contributed by atoms with van der Waals surface area (Å²) in [5, 5.41) is 3.34. The van der Waals surface area contributed by atoms with Crippen molar-refractivity contribution in [3.63, 3.8) is 0 Å². The van der Waals surface area contributed by atoms with E-state index in [4.69, 9.17) is 10.5 Å². The topological polar surface area (TPSA) is 73.1 Å². The molecule has 1 heterocycles. The Morgan fingerprint density at radius 1 is 1.33 bits per heavy atom. The molecule has 0 saturated carbocycles. The number of methoxy groups -OCH3 is 1. The summed E-state index contributed by atoms with van der Waals surface area (Å²) >= 11 is 0. The molecule has 1 aromatic carbocycles. The molecule has 112 valence electrons. The molecule has 0 amide bonds. The summed E-state index contributed by atoms with van der Waals surface area (Å²) in [5.74, 6) is 1.52. The number of nitrogens with two attached hydrogens (primary N) is 1. The lowest BCUT2D eigenvalue weighted by molar-refractivity contribution is 0.415. The van der Waals surface area contributed by atoms with Crippen LogP contribution in [0.25, 0.3) is 11.4 Å². The van der Waals surface area contributed by atoms with Crippen molar-refractivity contribution in [2.45, 2.75) is 19.8 Å². The van der Waals surface area contributed by atoms with E-state index in [9.17, 15) is 0 Å². The van der Waals surface area contributed by atoms with Crippen LogP contribution in [0, 0.1) is 0 Å². The number of anilines is 1. The number of rotatable bonds is 7. The van der Waals surface area contributed by atoms with Crippen LogP contribution in [-0.4, -0.2) is 30.2 Å². The molecule has 0 aliphatic rings. The molecule has 5 heteroatoms. The Kier molecular flexibility index (Phi) is 5.51. The third-order valence-electron chi connectivity index (χ3n) is 3.23. The smallest absolute Gasteiger partial charge is 0.159 e. The van der Waals surface area contributed by atoms with E-state index in [0.29, 0.717) is 6.54 Å². The number of aryl methyl sites for hydroxylation is 1. The van der Waals surface area contributed by atoms with Crippen LogP contribution in [-0.2, 0) is 6.42 Å². The SMILES string of the molecule is CCc1nc(-c2cccc(OC)c2)ncc1NCCCN. The van der Waals surface area contributed by atoms with Crippen LogP contribution in [0.15, 0.2) is 30.5 Å². The number of aromatic nitrogens is 2. The predicted molar refractivity (Wildman–Crippen MR) is 85.6 cm³/mol. The van der Waals surface area contributed by atoms with Crippen molar-refractivity contribution < 1.29 is 4.74 Å². The number of nitrogens with zero attached hydrogens (tertiary/aromatic N) is 2. The van der Waals surface area contributed by atoms with Gasteiger partial charge in [0.1, 0.15) is 5.75 Å². The van der Waals surface area contributed by atoms with Gasteiger partial charge in [-0.05, 0) is 31.5 Å². The average Bonchev–Trinajstić information content (AvgIpc) is 2.55. The molecule has 0 atom stereocenters. The van der Waals surface area contributed by atoms with Crippen molar-refractivity contribution in [1.82, 2.24) is 9.97 Å². The zero-order chi connectivity index (χ0) is 15.1. The molecule has 3 N–H and O–H groups in total. The number of benzene rings is 1. The molecule has 0 spiro atoms. The average molecular weight is 286 g/mol. The van der Waals surface area contributed by atoms with E-state index in [-0.39, 0.29) is 0 Å². The van der Waals surface area contributed by atoms with E-state index < -0.39 is 0 Å². The second-order valence-corrected chi connectivity index (χ2v) is 4.71. The van der Waals surface area contributed by atoms with Gasteiger partial charge in [0.25, 0.3) is 0 Å². The molecule has 1 aromatic heterocycles. The Morgan fingerprint density at radius 3 is 2.90 bits per heavy atom. The van der Waals surface area contributed by atoms with Crippen molar-refractivity contribution in [3.05, 3.63) is 36.2 Å². The van der Waals surface area contributed by atoms with Crippen molar-refractivity contribution in [1.29, 1.82) is 0 Å². The van der Waals surface area contributed by atoms with Crippen LogP contribution in [0.5, 0.6) is 5.75 Å². The molecule has 0 saturated heterocycles. The molecule has 0 bridgehead atoms. The number of ether oxygens (including phenoxy) is 1. The van der Waals surface area contributed by atoms with E-state index in [1.165, 1.54) is 0 Å². The normalized spacial score (nSPS) is 10.4. The first-order valence-electron chi connectivity index (χ1n) is 7.22. The van der Waals surface area contributed by atoms with Crippen LogP contribution in [0.2, 0.25) is 0 Å². The minimum absolute atomic E-state index is 0.678. The van der Waals surface area contributed by atoms with Gasteiger partial charge in [-0.2, -0.15) is 0 Å². The zero-order valence-electron chi connectivity index (χ0n) is 12.6. The van der Waals surface area contributed by atoms with Gasteiger partial charge in [0.2, 0.25) is 0 Å². The summed E-state index contributed by atoms with van der Waals surface area (Å²) in [6.45, 7) is 3.61. The van der Waals surface area contributed by atoms with E-state index in [0.717, 1.165) is 47.9 Å². The third kappa shape index (κ3) is 3.92. The van der Waals surface area contributed by atoms with Crippen LogP contribution >= 0.6 is 0 Å². The van der Waals surface area contributed by atoms with Crippen LogP contribution in [0.4, 0.5) is 5.69 Å². The Hall–Kier alpha value is -2.14. The second-order valence-electron chi connectivity index (χ2n) is 4.71. The van der Waals surface area contributed by atoms with Crippen LogP contribution in [0.1, 0.15) is 19.0 Å². The van der Waals surface area contributed by atoms with Gasteiger partial charge in [-0.3, -0.25) is 0 Å². The Bertz CT molecular complexity index is 586. The Morgan fingerprint density at radius 2 is 2.19 bits per heavy atom. The van der Waals surface area contributed by atoms with Crippen LogP contribution < -0.4 is 15.8 Å².